The highest BCUT2D eigenvalue weighted by Gasteiger charge is 2.43. The minimum Gasteiger partial charge on any atom is -0.381 e. The van der Waals surface area contributed by atoms with Crippen LogP contribution in [0.5, 0.6) is 0 Å². The van der Waals surface area contributed by atoms with Gasteiger partial charge in [0, 0.05) is 17.5 Å². The van der Waals surface area contributed by atoms with Crippen molar-refractivity contribution in [2.24, 2.45) is 5.41 Å². The molecule has 10 heteroatoms. The summed E-state index contributed by atoms with van der Waals surface area (Å²) in [6.45, 7) is 5.70. The molecule has 4 rings (SSSR count). The van der Waals surface area contributed by atoms with Gasteiger partial charge in [-0.2, -0.15) is 18.2 Å². The predicted molar refractivity (Wildman–Crippen MR) is 120 cm³/mol. The van der Waals surface area contributed by atoms with Crippen molar-refractivity contribution >= 4 is 5.78 Å². The molecule has 2 aromatic heterocycles. The first-order chi connectivity index (χ1) is 16.4. The van der Waals surface area contributed by atoms with E-state index in [9.17, 15) is 23.1 Å². The summed E-state index contributed by atoms with van der Waals surface area (Å²) in [6.07, 6.45) is -5.87. The molecular formula is C25H22F3N3O4. The molecule has 1 atom stereocenters. The van der Waals surface area contributed by atoms with Crippen LogP contribution in [0.1, 0.15) is 44.4 Å². The van der Waals surface area contributed by atoms with Gasteiger partial charge in [0.1, 0.15) is 17.4 Å². The van der Waals surface area contributed by atoms with Gasteiger partial charge in [0.15, 0.2) is 5.78 Å². The van der Waals surface area contributed by atoms with Gasteiger partial charge in [0.25, 0.3) is 5.89 Å². The first kappa shape index (κ1) is 24.3. The van der Waals surface area contributed by atoms with E-state index in [0.717, 1.165) is 0 Å². The van der Waals surface area contributed by atoms with Gasteiger partial charge in [-0.15, -0.1) is 0 Å². The van der Waals surface area contributed by atoms with Crippen LogP contribution in [0, 0.1) is 5.41 Å². The van der Waals surface area contributed by atoms with Crippen LogP contribution in [-0.2, 0) is 11.0 Å². The number of aliphatic hydroxyl groups excluding tert-OH is 1. The second-order valence-electron chi connectivity index (χ2n) is 9.25. The van der Waals surface area contributed by atoms with E-state index < -0.39 is 29.5 Å². The summed E-state index contributed by atoms with van der Waals surface area (Å²) in [5.74, 6) is -1.47. The summed E-state index contributed by atoms with van der Waals surface area (Å²) in [6, 6.07) is 14.0. The number of hydrogen-bond acceptors (Lipinski definition) is 7. The number of carbonyl (C=O) groups is 1. The topological polar surface area (TPSA) is 102 Å². The van der Waals surface area contributed by atoms with Crippen LogP contribution in [0.25, 0.3) is 34.3 Å². The third-order valence-electron chi connectivity index (χ3n) is 5.14. The molecule has 0 saturated carbocycles. The highest BCUT2D eigenvalue weighted by atomic mass is 19.4. The molecular weight excluding hydrogens is 463 g/mol. The van der Waals surface area contributed by atoms with Gasteiger partial charge in [-0.3, -0.25) is 4.79 Å². The minimum absolute atomic E-state index is 0.00726. The molecule has 0 aliphatic rings. The Balaban J connectivity index is 1.62. The Bertz CT molecular complexity index is 1320. The summed E-state index contributed by atoms with van der Waals surface area (Å²) in [4.78, 5) is 16.3. The Morgan fingerprint density at radius 1 is 0.943 bits per heavy atom. The monoisotopic (exact) mass is 485 g/mol. The smallest absolute Gasteiger partial charge is 0.381 e. The number of alkyl halides is 3. The van der Waals surface area contributed by atoms with Crippen LogP contribution in [0.3, 0.4) is 0 Å². The fourth-order valence-corrected chi connectivity index (χ4v) is 3.54. The quantitative estimate of drug-likeness (QED) is 0.351. The molecule has 7 nitrogen and oxygen atoms in total. The van der Waals surface area contributed by atoms with E-state index >= 15 is 0 Å². The van der Waals surface area contributed by atoms with Gasteiger partial charge < -0.3 is 14.2 Å². The van der Waals surface area contributed by atoms with E-state index in [0.29, 0.717) is 11.1 Å². The number of aromatic nitrogens is 3. The van der Waals surface area contributed by atoms with E-state index in [1.54, 1.807) is 18.2 Å². The van der Waals surface area contributed by atoms with E-state index in [1.807, 2.05) is 20.8 Å². The van der Waals surface area contributed by atoms with E-state index in [1.165, 1.54) is 36.4 Å². The Labute approximate surface area is 198 Å². The van der Waals surface area contributed by atoms with Crippen molar-refractivity contribution in [3.8, 4) is 34.3 Å². The summed E-state index contributed by atoms with van der Waals surface area (Å²) in [5.41, 5.74) is -0.745. The molecule has 2 heterocycles. The Hall–Kier alpha value is -3.79. The summed E-state index contributed by atoms with van der Waals surface area (Å²) in [7, 11) is 0. The van der Waals surface area contributed by atoms with Gasteiger partial charge in [-0.1, -0.05) is 85.7 Å². The molecule has 0 aliphatic carbocycles. The number of nitrogens with zero attached hydrogens (tertiary/aromatic N) is 3. The molecule has 2 aromatic carbocycles. The first-order valence-electron chi connectivity index (χ1n) is 10.7. The maximum absolute atomic E-state index is 13.9. The molecule has 0 radical (unpaired) electrons. The maximum atomic E-state index is 13.9. The molecule has 0 saturated heterocycles. The highest BCUT2D eigenvalue weighted by molar-refractivity contribution is 5.84. The maximum Gasteiger partial charge on any atom is 0.422 e. The highest BCUT2D eigenvalue weighted by Crippen LogP contribution is 2.43. The molecule has 1 unspecified atom stereocenters. The SMILES string of the molecule is CC(C)(C)CC(=O)C(O)c1ccc(-c2noc(-c3onc(-c4ccccc4)c3C(F)(F)F)n2)cc1. The number of ketones is 1. The van der Waals surface area contributed by atoms with Crippen LogP contribution in [0.15, 0.2) is 63.6 Å². The number of aliphatic hydroxyl groups is 1. The van der Waals surface area contributed by atoms with Crippen LogP contribution in [0.2, 0.25) is 0 Å². The van der Waals surface area contributed by atoms with Crippen molar-refractivity contribution < 1.29 is 32.1 Å². The number of rotatable bonds is 6. The summed E-state index contributed by atoms with van der Waals surface area (Å²) >= 11 is 0. The fraction of sp³-hybridized carbons (Fsp3) is 0.280. The molecule has 0 spiro atoms. The molecule has 0 amide bonds. The van der Waals surface area contributed by atoms with Crippen LogP contribution < -0.4 is 0 Å². The van der Waals surface area contributed by atoms with Crippen molar-refractivity contribution in [3.63, 3.8) is 0 Å². The van der Waals surface area contributed by atoms with Crippen molar-refractivity contribution in [1.82, 2.24) is 15.3 Å². The molecule has 0 fully saturated rings. The van der Waals surface area contributed by atoms with Crippen molar-refractivity contribution in [3.05, 3.63) is 65.7 Å². The van der Waals surface area contributed by atoms with Crippen LogP contribution in [-0.4, -0.2) is 26.2 Å². The number of carbonyl (C=O) groups excluding carboxylic acids is 1. The zero-order valence-electron chi connectivity index (χ0n) is 19.1. The van der Waals surface area contributed by atoms with Gasteiger partial charge >= 0.3 is 6.18 Å². The average molecular weight is 485 g/mol. The van der Waals surface area contributed by atoms with E-state index in [2.05, 4.69) is 15.3 Å². The Morgan fingerprint density at radius 3 is 2.20 bits per heavy atom. The van der Waals surface area contributed by atoms with Crippen LogP contribution >= 0.6 is 0 Å². The van der Waals surface area contributed by atoms with Gasteiger partial charge in [0.05, 0.1) is 0 Å². The summed E-state index contributed by atoms with van der Waals surface area (Å²) < 4.78 is 51.7. The lowest BCUT2D eigenvalue weighted by molar-refractivity contribution is -0.137. The Kier molecular flexibility index (Phi) is 6.33. The molecule has 182 valence electrons. The number of hydrogen-bond donors (Lipinski definition) is 1. The van der Waals surface area contributed by atoms with Gasteiger partial charge in [-0.05, 0) is 11.0 Å². The normalized spacial score (nSPS) is 13.1. The molecule has 0 aliphatic heterocycles. The first-order valence-corrected chi connectivity index (χ1v) is 10.7. The van der Waals surface area contributed by atoms with E-state index in [-0.39, 0.29) is 34.7 Å². The van der Waals surface area contributed by atoms with Gasteiger partial charge in [-0.25, -0.2) is 0 Å². The third-order valence-corrected chi connectivity index (χ3v) is 5.14. The van der Waals surface area contributed by atoms with E-state index in [4.69, 9.17) is 9.05 Å². The molecule has 0 bridgehead atoms. The lowest BCUT2D eigenvalue weighted by Gasteiger charge is -2.19. The zero-order chi connectivity index (χ0) is 25.4. The average Bonchev–Trinajstić information content (AvgIpc) is 3.45. The standard InChI is InChI=1S/C25H22F3N3O4/c1-24(2,3)13-17(32)20(33)15-9-11-16(12-10-15)22-29-23(35-31-22)21-18(25(26,27)28)19(30-34-21)14-7-5-4-6-8-14/h4-12,20,33H,13H2,1-3H3. The summed E-state index contributed by atoms with van der Waals surface area (Å²) in [5, 5.41) is 17.7. The number of benzene rings is 2. The van der Waals surface area contributed by atoms with Crippen molar-refractivity contribution in [2.75, 3.05) is 0 Å². The van der Waals surface area contributed by atoms with Crippen molar-refractivity contribution in [1.29, 1.82) is 0 Å². The number of halogens is 3. The van der Waals surface area contributed by atoms with Crippen molar-refractivity contribution in [2.45, 2.75) is 39.5 Å². The second kappa shape index (κ2) is 9.10. The lowest BCUT2D eigenvalue weighted by Crippen LogP contribution is -2.19. The molecule has 35 heavy (non-hydrogen) atoms. The predicted octanol–water partition coefficient (Wildman–Crippen LogP) is 6.12. The Morgan fingerprint density at radius 2 is 1.60 bits per heavy atom. The number of Topliss-reactive ketones (excluding diaryl/α,β-unsaturated/α-hetero) is 1. The lowest BCUT2D eigenvalue weighted by atomic mass is 9.87. The molecule has 1 N–H and O–H groups in total. The zero-order valence-corrected chi connectivity index (χ0v) is 19.1. The molecule has 4 aromatic rings. The largest absolute Gasteiger partial charge is 0.422 e. The second-order valence-corrected chi connectivity index (χ2v) is 9.25. The minimum atomic E-state index is -4.79. The van der Waals surface area contributed by atoms with Gasteiger partial charge in [0.2, 0.25) is 11.6 Å². The van der Waals surface area contributed by atoms with Crippen LogP contribution in [0.4, 0.5) is 13.2 Å². The fourth-order valence-electron chi connectivity index (χ4n) is 3.54. The third kappa shape index (κ3) is 5.32.